The van der Waals surface area contributed by atoms with Gasteiger partial charge >= 0.3 is 61.6 Å². The van der Waals surface area contributed by atoms with Gasteiger partial charge in [0.1, 0.15) is 11.5 Å². The van der Waals surface area contributed by atoms with E-state index in [1.807, 2.05) is 0 Å². The fourth-order valence-corrected chi connectivity index (χ4v) is 16.9. The standard InChI is InChI=1S/C30H30F6O12P2S2.C28H32O8P2/c1-5-43-49(37,44-6-2)21-11-13-23-19(17-21)9-15-25(47-51(39,40)29(31,32)33)27(23)28-24-14-12-22(50(38,45-7-3)46-8-4)18-20(24)10-16-26(28)48-52(41,42)30(34,35)36;1-5-33-37(31,34-6-2)21-11-13-23-19(17-21)9-15-25(29)27(23)28-24-14-12-22(18-20(24)10-16-26(28)30)38(32,35-7-3)36-8-4/h9-18H,5-8H2,1-4H3;9-18,29-30H,5-8H2,1-4H3. The largest absolute Gasteiger partial charge is 0.534 e. The molecule has 0 bridgehead atoms. The first kappa shape index (κ1) is 71.5. The highest BCUT2D eigenvalue weighted by Crippen LogP contribution is 2.54. The van der Waals surface area contributed by atoms with Gasteiger partial charge in [-0.3, -0.25) is 18.3 Å². The minimum absolute atomic E-state index is 0.0145. The summed E-state index contributed by atoms with van der Waals surface area (Å²) in [6.07, 6.45) is 0. The van der Waals surface area contributed by atoms with E-state index in [0.717, 1.165) is 48.5 Å². The molecule has 2 N–H and O–H groups in total. The third-order valence-corrected chi connectivity index (χ3v) is 23.4. The Hall–Kier alpha value is -5.92. The molecule has 488 valence electrons. The Morgan fingerprint density at radius 2 is 0.544 bits per heavy atom. The quantitative estimate of drug-likeness (QED) is 0.0221. The average Bonchev–Trinajstić information content (AvgIpc) is 0.755. The summed E-state index contributed by atoms with van der Waals surface area (Å²) in [6.45, 7) is 13.7. The number of fused-ring (bicyclic) bond motifs is 4. The van der Waals surface area contributed by atoms with Crippen LogP contribution in [0.25, 0.3) is 65.3 Å². The Bertz CT molecular complexity index is 4100. The smallest absolute Gasteiger partial charge is 0.507 e. The molecule has 0 atom stereocenters. The fourth-order valence-electron chi connectivity index (χ4n) is 9.50. The van der Waals surface area contributed by atoms with Crippen molar-refractivity contribution >= 4 is 115 Å². The highest BCUT2D eigenvalue weighted by atomic mass is 32.2. The molecule has 8 rings (SSSR count). The lowest BCUT2D eigenvalue weighted by Gasteiger charge is -2.22. The predicted octanol–water partition coefficient (Wildman–Crippen LogP) is 14.8. The molecule has 0 fully saturated rings. The van der Waals surface area contributed by atoms with Crippen LogP contribution in [0.4, 0.5) is 26.3 Å². The monoisotopic (exact) mass is 1380 g/mol. The number of rotatable bonds is 26. The summed E-state index contributed by atoms with van der Waals surface area (Å²) in [5, 5.41) is 24.7. The molecular formula is C58H62F6O20P4S2. The van der Waals surface area contributed by atoms with Crippen molar-refractivity contribution in [2.24, 2.45) is 0 Å². The zero-order valence-corrected chi connectivity index (χ0v) is 54.5. The van der Waals surface area contributed by atoms with Crippen molar-refractivity contribution in [3.05, 3.63) is 121 Å². The number of phenols is 2. The van der Waals surface area contributed by atoms with E-state index in [4.69, 9.17) is 36.2 Å². The minimum Gasteiger partial charge on any atom is -0.507 e. The Kier molecular flexibility index (Phi) is 22.7. The van der Waals surface area contributed by atoms with Crippen molar-refractivity contribution in [1.82, 2.24) is 0 Å². The molecule has 0 amide bonds. The molecule has 0 radical (unpaired) electrons. The number of alkyl halides is 6. The van der Waals surface area contributed by atoms with Crippen molar-refractivity contribution in [1.29, 1.82) is 0 Å². The molecule has 0 saturated heterocycles. The molecule has 0 heterocycles. The number of hydrogen-bond donors (Lipinski definition) is 2. The van der Waals surface area contributed by atoms with Crippen LogP contribution in [0.1, 0.15) is 55.4 Å². The first-order chi connectivity index (χ1) is 42.3. The maximum atomic E-state index is 13.6. The van der Waals surface area contributed by atoms with Gasteiger partial charge in [0.15, 0.2) is 11.5 Å². The van der Waals surface area contributed by atoms with Crippen LogP contribution in [0.3, 0.4) is 0 Å². The third kappa shape index (κ3) is 14.9. The minimum atomic E-state index is -6.45. The summed E-state index contributed by atoms with van der Waals surface area (Å²) in [4.78, 5) is 0. The zero-order valence-electron chi connectivity index (χ0n) is 49.3. The maximum Gasteiger partial charge on any atom is 0.534 e. The lowest BCUT2D eigenvalue weighted by molar-refractivity contribution is -0.0505. The second-order valence-electron chi connectivity index (χ2n) is 18.7. The first-order valence-corrected chi connectivity index (χ1v) is 36.5. The van der Waals surface area contributed by atoms with Crippen LogP contribution >= 0.6 is 30.4 Å². The van der Waals surface area contributed by atoms with E-state index in [0.29, 0.717) is 43.3 Å². The molecule has 0 spiro atoms. The van der Waals surface area contributed by atoms with E-state index >= 15 is 0 Å². The van der Waals surface area contributed by atoms with E-state index in [1.165, 1.54) is 52.0 Å². The molecule has 20 nitrogen and oxygen atoms in total. The van der Waals surface area contributed by atoms with Gasteiger partial charge in [0, 0.05) is 22.3 Å². The van der Waals surface area contributed by atoms with Crippen molar-refractivity contribution in [2.75, 3.05) is 52.9 Å². The van der Waals surface area contributed by atoms with E-state index in [9.17, 15) is 71.7 Å². The topological polar surface area (TPSA) is 269 Å². The molecule has 8 aromatic carbocycles. The molecule has 0 aliphatic carbocycles. The number of phenolic OH excluding ortho intramolecular Hbond substituents is 2. The van der Waals surface area contributed by atoms with Crippen LogP contribution in [0.5, 0.6) is 23.0 Å². The van der Waals surface area contributed by atoms with Gasteiger partial charge in [0.25, 0.3) is 0 Å². The maximum absolute atomic E-state index is 13.6. The van der Waals surface area contributed by atoms with E-state index in [-0.39, 0.29) is 96.5 Å². The van der Waals surface area contributed by atoms with Crippen LogP contribution in [0.2, 0.25) is 0 Å². The van der Waals surface area contributed by atoms with Gasteiger partial charge in [-0.2, -0.15) is 43.2 Å². The number of halogens is 6. The van der Waals surface area contributed by atoms with E-state index < -0.39 is 84.3 Å². The second-order valence-corrected chi connectivity index (χ2v) is 29.9. The van der Waals surface area contributed by atoms with Gasteiger partial charge in [-0.1, -0.05) is 48.5 Å². The van der Waals surface area contributed by atoms with Crippen molar-refractivity contribution in [2.45, 2.75) is 66.4 Å². The van der Waals surface area contributed by atoms with Gasteiger partial charge in [-0.05, 0) is 171 Å². The number of hydrogen-bond acceptors (Lipinski definition) is 20. The Morgan fingerprint density at radius 3 is 0.756 bits per heavy atom. The summed E-state index contributed by atoms with van der Waals surface area (Å²) in [7, 11) is -28.0. The summed E-state index contributed by atoms with van der Waals surface area (Å²) in [5.41, 5.74) is -12.5. The average molecular weight is 1380 g/mol. The summed E-state index contributed by atoms with van der Waals surface area (Å²) >= 11 is 0. The van der Waals surface area contributed by atoms with Gasteiger partial charge in [-0.15, -0.1) is 0 Å². The molecule has 8 aromatic rings. The molecule has 90 heavy (non-hydrogen) atoms. The molecule has 0 aliphatic heterocycles. The van der Waals surface area contributed by atoms with Crippen molar-refractivity contribution in [3.8, 4) is 45.3 Å². The molecule has 0 aliphatic rings. The molecule has 32 heteroatoms. The fraction of sp³-hybridized carbons (Fsp3) is 0.310. The molecule has 0 saturated carbocycles. The summed E-state index contributed by atoms with van der Waals surface area (Å²) in [6, 6.07) is 27.2. The highest BCUT2D eigenvalue weighted by molar-refractivity contribution is 7.88. The van der Waals surface area contributed by atoms with Gasteiger partial charge in [0.05, 0.1) is 74.1 Å². The van der Waals surface area contributed by atoms with Crippen LogP contribution in [0, 0.1) is 0 Å². The molecule has 0 unspecified atom stereocenters. The third-order valence-electron chi connectivity index (χ3n) is 13.0. The number of aromatic hydroxyl groups is 2. The van der Waals surface area contributed by atoms with Crippen molar-refractivity contribution in [3.63, 3.8) is 0 Å². The van der Waals surface area contributed by atoms with E-state index in [2.05, 4.69) is 8.37 Å². The second kappa shape index (κ2) is 28.5. The Balaban J connectivity index is 0.000000268. The van der Waals surface area contributed by atoms with Gasteiger partial charge < -0.3 is 54.8 Å². The van der Waals surface area contributed by atoms with Crippen LogP contribution in [-0.2, 0) is 74.7 Å². The zero-order chi connectivity index (χ0) is 66.4. The Labute approximate surface area is 514 Å². The normalized spacial score (nSPS) is 13.0. The summed E-state index contributed by atoms with van der Waals surface area (Å²) in [5.74, 6) is -2.31. The lowest BCUT2D eigenvalue weighted by Crippen LogP contribution is -2.28. The molecular weight excluding hydrogens is 1320 g/mol. The van der Waals surface area contributed by atoms with Crippen LogP contribution < -0.4 is 29.6 Å². The number of benzene rings is 8. The van der Waals surface area contributed by atoms with Crippen LogP contribution in [0.15, 0.2) is 121 Å². The van der Waals surface area contributed by atoms with Crippen molar-refractivity contribution < 1.29 is 116 Å². The Morgan fingerprint density at radius 1 is 0.333 bits per heavy atom. The SMILES string of the molecule is CCOP(=O)(OCC)c1ccc2c(-c3c(O)ccc4cc(P(=O)(OCC)OCC)ccc34)c(O)ccc2c1.CCOP(=O)(OCC)c1ccc2c(-c3c(OS(=O)(=O)C(F)(F)F)ccc4cc(P(=O)(OCC)OCC)ccc34)c(OS(=O)(=O)C(F)(F)F)ccc2c1. The summed E-state index contributed by atoms with van der Waals surface area (Å²) < 4.78 is 237. The molecule has 0 aromatic heterocycles. The van der Waals surface area contributed by atoms with Gasteiger partial charge in [-0.25, -0.2) is 0 Å². The first-order valence-electron chi connectivity index (χ1n) is 27.5. The van der Waals surface area contributed by atoms with E-state index in [1.54, 1.807) is 76.2 Å². The van der Waals surface area contributed by atoms with Crippen LogP contribution in [-0.4, -0.2) is 90.9 Å². The lowest BCUT2D eigenvalue weighted by atomic mass is 9.92. The predicted molar refractivity (Wildman–Crippen MR) is 330 cm³/mol. The van der Waals surface area contributed by atoms with Gasteiger partial charge in [0.2, 0.25) is 0 Å². The highest BCUT2D eigenvalue weighted by Gasteiger charge is 2.50.